The number of rotatable bonds is 2. The van der Waals surface area contributed by atoms with E-state index in [4.69, 9.17) is 0 Å². The molecule has 0 radical (unpaired) electrons. The fraction of sp³-hybridized carbons (Fsp3) is 0.500. The van der Waals surface area contributed by atoms with Crippen LogP contribution in [0.3, 0.4) is 0 Å². The van der Waals surface area contributed by atoms with Crippen LogP contribution in [0, 0.1) is 6.92 Å². The third kappa shape index (κ3) is 2.86. The van der Waals surface area contributed by atoms with Crippen LogP contribution in [-0.4, -0.2) is 41.8 Å². The number of anilines is 1. The number of para-hydroxylation sites is 1. The van der Waals surface area contributed by atoms with Crippen molar-refractivity contribution in [3.05, 3.63) is 29.8 Å². The molecule has 0 N–H and O–H groups in total. The van der Waals surface area contributed by atoms with Crippen LogP contribution >= 0.6 is 15.9 Å². The van der Waals surface area contributed by atoms with Gasteiger partial charge in [-0.05, 0) is 25.5 Å². The molecule has 1 aromatic rings. The number of carbonyl (C=O) groups is 1. The average molecular weight is 311 g/mol. The van der Waals surface area contributed by atoms with Gasteiger partial charge >= 0.3 is 0 Å². The summed E-state index contributed by atoms with van der Waals surface area (Å²) in [6.07, 6.45) is 0. The Balaban J connectivity index is 1.99. The maximum atomic E-state index is 11.9. The zero-order valence-corrected chi connectivity index (χ0v) is 12.5. The van der Waals surface area contributed by atoms with Crippen LogP contribution in [0.25, 0.3) is 0 Å². The van der Waals surface area contributed by atoms with E-state index in [0.717, 1.165) is 26.2 Å². The standard InChI is InChI=1S/C14H19BrN2O/c1-11-5-3-4-6-13(11)16-7-9-17(10-8-16)14(18)12(2)15/h3-6,12H,7-10H2,1-2H3. The highest BCUT2D eigenvalue weighted by molar-refractivity contribution is 9.10. The van der Waals surface area contributed by atoms with Crippen molar-refractivity contribution in [3.63, 3.8) is 0 Å². The van der Waals surface area contributed by atoms with Gasteiger partial charge in [-0.3, -0.25) is 4.79 Å². The lowest BCUT2D eigenvalue weighted by molar-refractivity contribution is -0.130. The minimum absolute atomic E-state index is 0.0810. The minimum Gasteiger partial charge on any atom is -0.368 e. The topological polar surface area (TPSA) is 23.6 Å². The number of amides is 1. The van der Waals surface area contributed by atoms with Gasteiger partial charge in [0.2, 0.25) is 5.91 Å². The molecule has 4 heteroatoms. The molecular weight excluding hydrogens is 292 g/mol. The predicted molar refractivity (Wildman–Crippen MR) is 78.4 cm³/mol. The van der Waals surface area contributed by atoms with Crippen LogP contribution in [0.5, 0.6) is 0 Å². The average Bonchev–Trinajstić information content (AvgIpc) is 2.38. The van der Waals surface area contributed by atoms with Gasteiger partial charge in [-0.25, -0.2) is 0 Å². The molecule has 0 spiro atoms. The summed E-state index contributed by atoms with van der Waals surface area (Å²) < 4.78 is 0. The molecule has 98 valence electrons. The molecule has 1 atom stereocenters. The van der Waals surface area contributed by atoms with Gasteiger partial charge in [0.15, 0.2) is 0 Å². The molecule has 18 heavy (non-hydrogen) atoms. The number of aryl methyl sites for hydroxylation is 1. The van der Waals surface area contributed by atoms with Gasteiger partial charge in [0.1, 0.15) is 0 Å². The van der Waals surface area contributed by atoms with E-state index in [1.807, 2.05) is 11.8 Å². The number of halogens is 1. The normalized spacial score (nSPS) is 17.7. The van der Waals surface area contributed by atoms with E-state index in [1.165, 1.54) is 11.3 Å². The summed E-state index contributed by atoms with van der Waals surface area (Å²) in [6.45, 7) is 7.46. The number of nitrogens with zero attached hydrogens (tertiary/aromatic N) is 2. The van der Waals surface area contributed by atoms with Gasteiger partial charge in [-0.2, -0.15) is 0 Å². The molecule has 1 unspecified atom stereocenters. The Kier molecular flexibility index (Phi) is 4.27. The Labute approximate surface area is 117 Å². The smallest absolute Gasteiger partial charge is 0.236 e. The Morgan fingerprint density at radius 2 is 1.83 bits per heavy atom. The second kappa shape index (κ2) is 5.74. The highest BCUT2D eigenvalue weighted by Gasteiger charge is 2.23. The van der Waals surface area contributed by atoms with Crippen LogP contribution in [0.2, 0.25) is 0 Å². The van der Waals surface area contributed by atoms with Crippen molar-refractivity contribution in [2.45, 2.75) is 18.7 Å². The SMILES string of the molecule is Cc1ccccc1N1CCN(C(=O)C(C)Br)CC1. The van der Waals surface area contributed by atoms with Crippen LogP contribution in [0.4, 0.5) is 5.69 Å². The molecule has 0 saturated carbocycles. The van der Waals surface area contributed by atoms with E-state index < -0.39 is 0 Å². The van der Waals surface area contributed by atoms with Crippen molar-refractivity contribution in [1.82, 2.24) is 4.90 Å². The molecule has 3 nitrogen and oxygen atoms in total. The van der Waals surface area contributed by atoms with Crippen molar-refractivity contribution in [3.8, 4) is 0 Å². The summed E-state index contributed by atoms with van der Waals surface area (Å²) in [5, 5.41) is 0. The quantitative estimate of drug-likeness (QED) is 0.783. The molecule has 1 aromatic carbocycles. The van der Waals surface area contributed by atoms with E-state index >= 15 is 0 Å². The number of hydrogen-bond acceptors (Lipinski definition) is 2. The van der Waals surface area contributed by atoms with E-state index in [1.54, 1.807) is 0 Å². The molecule has 1 saturated heterocycles. The van der Waals surface area contributed by atoms with Crippen molar-refractivity contribution >= 4 is 27.5 Å². The molecule has 2 rings (SSSR count). The van der Waals surface area contributed by atoms with Gasteiger partial charge in [0, 0.05) is 31.9 Å². The Morgan fingerprint density at radius 1 is 1.22 bits per heavy atom. The second-order valence-electron chi connectivity index (χ2n) is 4.71. The molecule has 0 aromatic heterocycles. The van der Waals surface area contributed by atoms with E-state index in [0.29, 0.717) is 0 Å². The van der Waals surface area contributed by atoms with E-state index in [9.17, 15) is 4.79 Å². The molecule has 0 bridgehead atoms. The number of carbonyl (C=O) groups excluding carboxylic acids is 1. The lowest BCUT2D eigenvalue weighted by atomic mass is 10.1. The molecular formula is C14H19BrN2O. The van der Waals surface area contributed by atoms with Gasteiger partial charge in [-0.1, -0.05) is 34.1 Å². The number of benzene rings is 1. The highest BCUT2D eigenvalue weighted by Crippen LogP contribution is 2.21. The molecule has 0 aliphatic carbocycles. The Morgan fingerprint density at radius 3 is 2.39 bits per heavy atom. The van der Waals surface area contributed by atoms with Gasteiger partial charge in [0.25, 0.3) is 0 Å². The number of piperazine rings is 1. The van der Waals surface area contributed by atoms with Crippen molar-refractivity contribution in [2.75, 3.05) is 31.1 Å². The predicted octanol–water partition coefficient (Wildman–Crippen LogP) is 2.43. The third-order valence-corrected chi connectivity index (χ3v) is 3.78. The fourth-order valence-corrected chi connectivity index (χ4v) is 2.63. The first-order valence-corrected chi connectivity index (χ1v) is 7.24. The lowest BCUT2D eigenvalue weighted by Gasteiger charge is -2.37. The lowest BCUT2D eigenvalue weighted by Crippen LogP contribution is -2.50. The molecule has 1 aliphatic rings. The summed E-state index contributed by atoms with van der Waals surface area (Å²) in [6, 6.07) is 8.42. The van der Waals surface area contributed by atoms with Crippen LogP contribution in [-0.2, 0) is 4.79 Å². The molecule has 1 aliphatic heterocycles. The highest BCUT2D eigenvalue weighted by atomic mass is 79.9. The van der Waals surface area contributed by atoms with Crippen molar-refractivity contribution in [1.29, 1.82) is 0 Å². The first-order valence-electron chi connectivity index (χ1n) is 6.33. The number of alkyl halides is 1. The Bertz CT molecular complexity index is 426. The summed E-state index contributed by atoms with van der Waals surface area (Å²) in [5.74, 6) is 0.194. The van der Waals surface area contributed by atoms with Gasteiger partial charge < -0.3 is 9.80 Å². The maximum absolute atomic E-state index is 11.9. The monoisotopic (exact) mass is 310 g/mol. The number of hydrogen-bond donors (Lipinski definition) is 0. The maximum Gasteiger partial charge on any atom is 0.236 e. The summed E-state index contributed by atoms with van der Waals surface area (Å²) in [7, 11) is 0. The van der Waals surface area contributed by atoms with Crippen molar-refractivity contribution in [2.24, 2.45) is 0 Å². The first kappa shape index (κ1) is 13.4. The van der Waals surface area contributed by atoms with Crippen molar-refractivity contribution < 1.29 is 4.79 Å². The Hall–Kier alpha value is -1.03. The minimum atomic E-state index is -0.0810. The van der Waals surface area contributed by atoms with Crippen LogP contribution in [0.1, 0.15) is 12.5 Å². The largest absolute Gasteiger partial charge is 0.368 e. The molecule has 1 fully saturated rings. The molecule has 1 amide bonds. The zero-order chi connectivity index (χ0) is 13.1. The summed E-state index contributed by atoms with van der Waals surface area (Å²) >= 11 is 3.34. The van der Waals surface area contributed by atoms with Crippen LogP contribution < -0.4 is 4.90 Å². The summed E-state index contributed by atoms with van der Waals surface area (Å²) in [4.78, 5) is 16.1. The summed E-state index contributed by atoms with van der Waals surface area (Å²) in [5.41, 5.74) is 2.59. The molecule has 1 heterocycles. The fourth-order valence-electron chi connectivity index (χ4n) is 2.34. The van der Waals surface area contributed by atoms with E-state index in [2.05, 4.69) is 52.0 Å². The van der Waals surface area contributed by atoms with Gasteiger partial charge in [-0.15, -0.1) is 0 Å². The van der Waals surface area contributed by atoms with Crippen LogP contribution in [0.15, 0.2) is 24.3 Å². The van der Waals surface area contributed by atoms with E-state index in [-0.39, 0.29) is 10.7 Å². The first-order chi connectivity index (χ1) is 8.59. The third-order valence-electron chi connectivity index (χ3n) is 3.39. The van der Waals surface area contributed by atoms with Gasteiger partial charge in [0.05, 0.1) is 4.83 Å². The second-order valence-corrected chi connectivity index (χ2v) is 6.09. The zero-order valence-electron chi connectivity index (χ0n) is 10.9.